The second-order valence-electron chi connectivity index (χ2n) is 5.21. The van der Waals surface area contributed by atoms with Gasteiger partial charge in [-0.1, -0.05) is 0 Å². The monoisotopic (exact) mass is 361 g/mol. The van der Waals surface area contributed by atoms with Gasteiger partial charge in [-0.2, -0.15) is 0 Å². The lowest BCUT2D eigenvalue weighted by Crippen LogP contribution is -2.43. The van der Waals surface area contributed by atoms with Crippen LogP contribution in [-0.4, -0.2) is 55.5 Å². The Kier molecular flexibility index (Phi) is 5.71. The zero-order valence-electron chi connectivity index (χ0n) is 12.9. The highest BCUT2D eigenvalue weighted by Gasteiger charge is 2.30. The fourth-order valence-electron chi connectivity index (χ4n) is 2.30. The molecule has 2 rings (SSSR count). The Hall–Kier alpha value is -1.52. The molecule has 1 aliphatic heterocycles. The van der Waals surface area contributed by atoms with Crippen LogP contribution in [0.1, 0.15) is 30.3 Å². The van der Waals surface area contributed by atoms with Gasteiger partial charge in [0.1, 0.15) is 0 Å². The van der Waals surface area contributed by atoms with Gasteiger partial charge in [-0.25, -0.2) is 22.5 Å². The minimum atomic E-state index is -3.30. The zero-order chi connectivity index (χ0) is 17.0. The van der Waals surface area contributed by atoms with Crippen LogP contribution in [0.2, 0.25) is 0 Å². The van der Waals surface area contributed by atoms with E-state index >= 15 is 0 Å². The van der Waals surface area contributed by atoms with Crippen molar-refractivity contribution in [3.8, 4) is 0 Å². The second-order valence-corrected chi connectivity index (χ2v) is 8.05. The van der Waals surface area contributed by atoms with E-state index in [9.17, 15) is 18.0 Å². The number of carbonyl (C=O) groups is 2. The number of esters is 1. The lowest BCUT2D eigenvalue weighted by atomic mass is 9.99. The summed E-state index contributed by atoms with van der Waals surface area (Å²) in [5.74, 6) is -1.25. The van der Waals surface area contributed by atoms with Gasteiger partial charge in [0.25, 0.3) is 0 Å². The standard InChI is InChI=1S/C13H19N3O5S2/c1-3-21-12(18)10-8-22-13(14-10)15-11(17)9-5-4-6-16(7-9)23(2,19)20/h8-9H,3-7H2,1-2H3,(H,14,15,17). The molecule has 23 heavy (non-hydrogen) atoms. The summed E-state index contributed by atoms with van der Waals surface area (Å²) in [5, 5.41) is 4.45. The van der Waals surface area contributed by atoms with E-state index in [1.54, 1.807) is 6.92 Å². The molecule has 1 saturated heterocycles. The molecule has 8 nitrogen and oxygen atoms in total. The van der Waals surface area contributed by atoms with Crippen LogP contribution in [-0.2, 0) is 19.6 Å². The predicted octanol–water partition coefficient (Wildman–Crippen LogP) is 0.930. The van der Waals surface area contributed by atoms with Crippen molar-refractivity contribution in [2.24, 2.45) is 5.92 Å². The van der Waals surface area contributed by atoms with Crippen LogP contribution in [0.5, 0.6) is 0 Å². The fourth-order valence-corrected chi connectivity index (χ4v) is 3.89. The summed E-state index contributed by atoms with van der Waals surface area (Å²) in [7, 11) is -3.30. The summed E-state index contributed by atoms with van der Waals surface area (Å²) in [5.41, 5.74) is 0.147. The molecule has 10 heteroatoms. The second kappa shape index (κ2) is 7.37. The summed E-state index contributed by atoms with van der Waals surface area (Å²) in [6.07, 6.45) is 2.39. The van der Waals surface area contributed by atoms with Crippen molar-refractivity contribution in [3.63, 3.8) is 0 Å². The maximum absolute atomic E-state index is 12.3. The molecule has 128 valence electrons. The Morgan fingerprint density at radius 1 is 1.52 bits per heavy atom. The number of carbonyl (C=O) groups excluding carboxylic acids is 2. The van der Waals surface area contributed by atoms with Gasteiger partial charge in [-0.3, -0.25) is 4.79 Å². The van der Waals surface area contributed by atoms with E-state index in [-0.39, 0.29) is 24.8 Å². The predicted molar refractivity (Wildman–Crippen MR) is 85.8 cm³/mol. The maximum Gasteiger partial charge on any atom is 0.357 e. The van der Waals surface area contributed by atoms with Crippen LogP contribution >= 0.6 is 11.3 Å². The fraction of sp³-hybridized carbons (Fsp3) is 0.615. The van der Waals surface area contributed by atoms with E-state index in [1.807, 2.05) is 0 Å². The molecule has 0 aromatic carbocycles. The lowest BCUT2D eigenvalue weighted by Gasteiger charge is -2.29. The average molecular weight is 361 g/mol. The molecule has 1 aromatic rings. The van der Waals surface area contributed by atoms with Crippen molar-refractivity contribution in [3.05, 3.63) is 11.1 Å². The minimum absolute atomic E-state index is 0.147. The summed E-state index contributed by atoms with van der Waals surface area (Å²) in [4.78, 5) is 27.8. The van der Waals surface area contributed by atoms with E-state index in [0.717, 1.165) is 17.6 Å². The Balaban J connectivity index is 1.98. The van der Waals surface area contributed by atoms with Crippen molar-refractivity contribution in [2.45, 2.75) is 19.8 Å². The average Bonchev–Trinajstić information content (AvgIpc) is 2.95. The van der Waals surface area contributed by atoms with Crippen LogP contribution in [0.25, 0.3) is 0 Å². The molecule has 0 spiro atoms. The first-order valence-corrected chi connectivity index (χ1v) is 9.92. The largest absolute Gasteiger partial charge is 0.461 e. The highest BCUT2D eigenvalue weighted by molar-refractivity contribution is 7.88. The van der Waals surface area contributed by atoms with E-state index in [4.69, 9.17) is 4.74 Å². The van der Waals surface area contributed by atoms with Crippen LogP contribution in [0.3, 0.4) is 0 Å². The van der Waals surface area contributed by atoms with Gasteiger partial charge in [0.05, 0.1) is 18.8 Å². The molecule has 1 N–H and O–H groups in total. The Labute approximate surface area is 138 Å². The molecular weight excluding hydrogens is 342 g/mol. The van der Waals surface area contributed by atoms with Crippen LogP contribution in [0, 0.1) is 5.92 Å². The first-order chi connectivity index (χ1) is 10.8. The smallest absolute Gasteiger partial charge is 0.357 e. The first kappa shape index (κ1) is 17.8. The highest BCUT2D eigenvalue weighted by Crippen LogP contribution is 2.22. The number of thiazole rings is 1. The maximum atomic E-state index is 12.3. The number of anilines is 1. The number of amides is 1. The van der Waals surface area contributed by atoms with E-state index in [1.165, 1.54) is 9.69 Å². The number of ether oxygens (including phenoxy) is 1. The molecule has 1 atom stereocenters. The van der Waals surface area contributed by atoms with Gasteiger partial charge in [0.15, 0.2) is 10.8 Å². The molecule has 1 amide bonds. The molecule has 1 fully saturated rings. The van der Waals surface area contributed by atoms with Gasteiger partial charge >= 0.3 is 5.97 Å². The van der Waals surface area contributed by atoms with Crippen molar-refractivity contribution < 1.29 is 22.7 Å². The number of hydrogen-bond acceptors (Lipinski definition) is 7. The Morgan fingerprint density at radius 3 is 2.91 bits per heavy atom. The van der Waals surface area contributed by atoms with Crippen molar-refractivity contribution >= 4 is 38.4 Å². The number of aromatic nitrogens is 1. The van der Waals surface area contributed by atoms with E-state index in [0.29, 0.717) is 24.5 Å². The number of nitrogens with zero attached hydrogens (tertiary/aromatic N) is 2. The Morgan fingerprint density at radius 2 is 2.26 bits per heavy atom. The minimum Gasteiger partial charge on any atom is -0.461 e. The van der Waals surface area contributed by atoms with Crippen molar-refractivity contribution in [2.75, 3.05) is 31.3 Å². The SMILES string of the molecule is CCOC(=O)c1csc(NC(=O)C2CCCN(S(C)(=O)=O)C2)n1. The van der Waals surface area contributed by atoms with Crippen LogP contribution in [0.4, 0.5) is 5.13 Å². The lowest BCUT2D eigenvalue weighted by molar-refractivity contribution is -0.120. The molecule has 2 heterocycles. The molecule has 0 aliphatic carbocycles. The molecule has 0 radical (unpaired) electrons. The highest BCUT2D eigenvalue weighted by atomic mass is 32.2. The van der Waals surface area contributed by atoms with Crippen LogP contribution in [0.15, 0.2) is 5.38 Å². The van der Waals surface area contributed by atoms with Gasteiger partial charge < -0.3 is 10.1 Å². The third kappa shape index (κ3) is 4.72. The summed E-state index contributed by atoms with van der Waals surface area (Å²) >= 11 is 1.13. The number of nitrogens with one attached hydrogen (secondary N) is 1. The number of piperidine rings is 1. The summed E-state index contributed by atoms with van der Waals surface area (Å²) < 4.78 is 29.3. The Bertz CT molecular complexity index is 686. The molecule has 1 aliphatic rings. The molecule has 1 aromatic heterocycles. The third-order valence-corrected chi connectivity index (χ3v) is 5.47. The number of sulfonamides is 1. The molecular formula is C13H19N3O5S2. The van der Waals surface area contributed by atoms with Crippen molar-refractivity contribution in [1.29, 1.82) is 0 Å². The zero-order valence-corrected chi connectivity index (χ0v) is 14.6. The van der Waals surface area contributed by atoms with Crippen LogP contribution < -0.4 is 5.32 Å². The first-order valence-electron chi connectivity index (χ1n) is 7.20. The quantitative estimate of drug-likeness (QED) is 0.782. The number of hydrogen-bond donors (Lipinski definition) is 1. The number of rotatable bonds is 5. The van der Waals surface area contributed by atoms with Crippen molar-refractivity contribution in [1.82, 2.24) is 9.29 Å². The molecule has 1 unspecified atom stereocenters. The van der Waals surface area contributed by atoms with Gasteiger partial charge in [-0.15, -0.1) is 11.3 Å². The molecule has 0 bridgehead atoms. The summed E-state index contributed by atoms with van der Waals surface area (Å²) in [6, 6.07) is 0. The molecule has 0 saturated carbocycles. The normalized spacial score (nSPS) is 19.3. The van der Waals surface area contributed by atoms with E-state index in [2.05, 4.69) is 10.3 Å². The van der Waals surface area contributed by atoms with Gasteiger partial charge in [0.2, 0.25) is 15.9 Å². The van der Waals surface area contributed by atoms with Gasteiger partial charge in [0, 0.05) is 18.5 Å². The van der Waals surface area contributed by atoms with Gasteiger partial charge in [-0.05, 0) is 19.8 Å². The third-order valence-electron chi connectivity index (χ3n) is 3.44. The topological polar surface area (TPSA) is 106 Å². The summed E-state index contributed by atoms with van der Waals surface area (Å²) in [6.45, 7) is 2.55. The van der Waals surface area contributed by atoms with E-state index < -0.39 is 21.9 Å².